The fourth-order valence-electron chi connectivity index (χ4n) is 2.70. The van der Waals surface area contributed by atoms with Gasteiger partial charge in [0.05, 0.1) is 0 Å². The van der Waals surface area contributed by atoms with E-state index in [1.165, 1.54) is 0 Å². The molecule has 0 heterocycles. The van der Waals surface area contributed by atoms with Gasteiger partial charge in [-0.15, -0.1) is 0 Å². The summed E-state index contributed by atoms with van der Waals surface area (Å²) in [4.78, 5) is 24.1. The first-order valence-corrected chi connectivity index (χ1v) is 9.77. The molecule has 0 aliphatic heterocycles. The number of carbonyl (C=O) groups excluding carboxylic acids is 2. The molecule has 3 aromatic carbocycles. The van der Waals surface area contributed by atoms with Crippen molar-refractivity contribution >= 4 is 17.6 Å². The summed E-state index contributed by atoms with van der Waals surface area (Å²) in [5.41, 5.74) is 2.12. The molecule has 0 bridgehead atoms. The van der Waals surface area contributed by atoms with Crippen LogP contribution in [-0.2, 0) is 6.54 Å². The van der Waals surface area contributed by atoms with Gasteiger partial charge in [-0.1, -0.05) is 30.3 Å². The van der Waals surface area contributed by atoms with Gasteiger partial charge in [-0.3, -0.25) is 4.79 Å². The van der Waals surface area contributed by atoms with E-state index in [0.717, 1.165) is 11.3 Å². The van der Waals surface area contributed by atoms with Crippen LogP contribution in [0.25, 0.3) is 0 Å². The molecule has 154 valence electrons. The third-order valence-corrected chi connectivity index (χ3v) is 4.18. The van der Waals surface area contributed by atoms with E-state index in [0.29, 0.717) is 23.5 Å². The smallest absolute Gasteiger partial charge is 0.315 e. The number of hydrogen-bond donors (Lipinski definition) is 3. The van der Waals surface area contributed by atoms with Crippen LogP contribution in [-0.4, -0.2) is 18.0 Å². The molecule has 0 aliphatic carbocycles. The number of anilines is 1. The Balaban J connectivity index is 1.52. The van der Waals surface area contributed by atoms with Gasteiger partial charge in [-0.25, -0.2) is 4.79 Å². The molecule has 0 saturated heterocycles. The van der Waals surface area contributed by atoms with Crippen LogP contribution in [0.15, 0.2) is 78.9 Å². The predicted octanol–water partition coefficient (Wildman–Crippen LogP) is 4.94. The Bertz CT molecular complexity index is 969. The summed E-state index contributed by atoms with van der Waals surface area (Å²) in [7, 11) is 0. The number of ether oxygens (including phenoxy) is 1. The van der Waals surface area contributed by atoms with E-state index in [1.807, 2.05) is 56.3 Å². The third kappa shape index (κ3) is 6.38. The molecule has 6 heteroatoms. The summed E-state index contributed by atoms with van der Waals surface area (Å²) in [5, 5.41) is 8.41. The van der Waals surface area contributed by atoms with Crippen molar-refractivity contribution in [3.63, 3.8) is 0 Å². The Labute approximate surface area is 176 Å². The molecule has 3 N–H and O–H groups in total. The van der Waals surface area contributed by atoms with Gasteiger partial charge in [-0.2, -0.15) is 0 Å². The van der Waals surface area contributed by atoms with E-state index < -0.39 is 0 Å². The second kappa shape index (κ2) is 10.1. The van der Waals surface area contributed by atoms with Crippen molar-refractivity contribution in [3.8, 4) is 11.5 Å². The van der Waals surface area contributed by atoms with Crippen molar-refractivity contribution in [1.29, 1.82) is 0 Å². The second-order valence-electron chi connectivity index (χ2n) is 7.07. The standard InChI is InChI=1S/C24H25N3O3/c1-17(2)26-24(29)25-16-18-8-10-19(11-9-18)23(28)27-20-12-14-22(15-13-20)30-21-6-4-3-5-7-21/h3-15,17H,16H2,1-2H3,(H,27,28)(H2,25,26,29). The minimum Gasteiger partial charge on any atom is -0.457 e. The Morgan fingerprint density at radius 2 is 1.47 bits per heavy atom. The summed E-state index contributed by atoms with van der Waals surface area (Å²) in [6.45, 7) is 4.19. The fraction of sp³-hybridized carbons (Fsp3) is 0.167. The molecule has 0 atom stereocenters. The molecular formula is C24H25N3O3. The number of rotatable bonds is 7. The van der Waals surface area contributed by atoms with E-state index in [9.17, 15) is 9.59 Å². The van der Waals surface area contributed by atoms with Crippen molar-refractivity contribution in [2.75, 3.05) is 5.32 Å². The van der Waals surface area contributed by atoms with E-state index in [4.69, 9.17) is 4.74 Å². The molecule has 0 spiro atoms. The van der Waals surface area contributed by atoms with Crippen LogP contribution >= 0.6 is 0 Å². The zero-order chi connectivity index (χ0) is 21.3. The van der Waals surface area contributed by atoms with Crippen molar-refractivity contribution in [2.24, 2.45) is 0 Å². The van der Waals surface area contributed by atoms with Gasteiger partial charge in [0.1, 0.15) is 11.5 Å². The molecule has 0 aliphatic rings. The summed E-state index contributed by atoms with van der Waals surface area (Å²) >= 11 is 0. The van der Waals surface area contributed by atoms with Crippen LogP contribution < -0.4 is 20.7 Å². The van der Waals surface area contributed by atoms with Crippen LogP contribution in [0.4, 0.5) is 10.5 Å². The summed E-state index contributed by atoms with van der Waals surface area (Å²) < 4.78 is 5.75. The van der Waals surface area contributed by atoms with Gasteiger partial charge in [0.25, 0.3) is 5.91 Å². The van der Waals surface area contributed by atoms with Crippen LogP contribution in [0.2, 0.25) is 0 Å². The minimum atomic E-state index is -0.216. The number of benzene rings is 3. The first kappa shape index (κ1) is 20.9. The second-order valence-corrected chi connectivity index (χ2v) is 7.07. The van der Waals surface area contributed by atoms with Crippen LogP contribution in [0.1, 0.15) is 29.8 Å². The van der Waals surface area contributed by atoms with Crippen LogP contribution in [0.5, 0.6) is 11.5 Å². The molecular weight excluding hydrogens is 378 g/mol. The average molecular weight is 403 g/mol. The number of urea groups is 1. The number of amides is 3. The molecule has 0 saturated carbocycles. The molecule has 3 amide bonds. The highest BCUT2D eigenvalue weighted by Crippen LogP contribution is 2.22. The quantitative estimate of drug-likeness (QED) is 0.523. The van der Waals surface area contributed by atoms with Crippen molar-refractivity contribution < 1.29 is 14.3 Å². The number of carbonyl (C=O) groups is 2. The Kier molecular flexibility index (Phi) is 7.05. The number of para-hydroxylation sites is 1. The topological polar surface area (TPSA) is 79.5 Å². The molecule has 0 radical (unpaired) electrons. The maximum absolute atomic E-state index is 12.5. The van der Waals surface area contributed by atoms with Gasteiger partial charge in [0.15, 0.2) is 0 Å². The van der Waals surface area contributed by atoms with Crippen LogP contribution in [0, 0.1) is 0 Å². The Morgan fingerprint density at radius 1 is 0.833 bits per heavy atom. The Hall–Kier alpha value is -3.80. The van der Waals surface area contributed by atoms with Crippen LogP contribution in [0.3, 0.4) is 0 Å². The van der Waals surface area contributed by atoms with Gasteiger partial charge in [0, 0.05) is 23.8 Å². The fourth-order valence-corrected chi connectivity index (χ4v) is 2.70. The van der Waals surface area contributed by atoms with Crippen molar-refractivity contribution in [3.05, 3.63) is 90.0 Å². The SMILES string of the molecule is CC(C)NC(=O)NCc1ccc(C(=O)Nc2ccc(Oc3ccccc3)cc2)cc1. The monoisotopic (exact) mass is 403 g/mol. The van der Waals surface area contributed by atoms with E-state index in [1.54, 1.807) is 36.4 Å². The number of nitrogens with one attached hydrogen (secondary N) is 3. The lowest BCUT2D eigenvalue weighted by Crippen LogP contribution is -2.39. The maximum Gasteiger partial charge on any atom is 0.315 e. The van der Waals surface area contributed by atoms with Gasteiger partial charge < -0.3 is 20.7 Å². The van der Waals surface area contributed by atoms with Crippen molar-refractivity contribution in [1.82, 2.24) is 10.6 Å². The first-order chi connectivity index (χ1) is 14.5. The lowest BCUT2D eigenvalue weighted by molar-refractivity contribution is 0.102. The summed E-state index contributed by atoms with van der Waals surface area (Å²) in [6.07, 6.45) is 0. The molecule has 0 unspecified atom stereocenters. The lowest BCUT2D eigenvalue weighted by Gasteiger charge is -2.11. The minimum absolute atomic E-state index is 0.0787. The largest absolute Gasteiger partial charge is 0.457 e. The highest BCUT2D eigenvalue weighted by Gasteiger charge is 2.07. The van der Waals surface area contributed by atoms with E-state index >= 15 is 0 Å². The van der Waals surface area contributed by atoms with Gasteiger partial charge in [-0.05, 0) is 67.9 Å². The molecule has 30 heavy (non-hydrogen) atoms. The first-order valence-electron chi connectivity index (χ1n) is 9.77. The van der Waals surface area contributed by atoms with Gasteiger partial charge in [0.2, 0.25) is 0 Å². The van der Waals surface area contributed by atoms with Crippen molar-refractivity contribution in [2.45, 2.75) is 26.4 Å². The molecule has 3 aromatic rings. The average Bonchev–Trinajstić information content (AvgIpc) is 2.74. The maximum atomic E-state index is 12.5. The highest BCUT2D eigenvalue weighted by molar-refractivity contribution is 6.04. The third-order valence-electron chi connectivity index (χ3n) is 4.18. The summed E-state index contributed by atoms with van der Waals surface area (Å²) in [6, 6.07) is 23.7. The predicted molar refractivity (Wildman–Crippen MR) is 118 cm³/mol. The number of hydrogen-bond acceptors (Lipinski definition) is 3. The summed E-state index contributed by atoms with van der Waals surface area (Å²) in [5.74, 6) is 1.24. The Morgan fingerprint density at radius 3 is 2.10 bits per heavy atom. The van der Waals surface area contributed by atoms with Gasteiger partial charge >= 0.3 is 6.03 Å². The zero-order valence-electron chi connectivity index (χ0n) is 17.0. The molecule has 3 rings (SSSR count). The van der Waals surface area contributed by atoms with E-state index in [2.05, 4.69) is 16.0 Å². The normalized spacial score (nSPS) is 10.4. The zero-order valence-corrected chi connectivity index (χ0v) is 17.0. The highest BCUT2D eigenvalue weighted by atomic mass is 16.5. The molecule has 0 fully saturated rings. The lowest BCUT2D eigenvalue weighted by atomic mass is 10.1. The van der Waals surface area contributed by atoms with E-state index in [-0.39, 0.29) is 18.0 Å². The molecule has 0 aromatic heterocycles. The molecule has 6 nitrogen and oxygen atoms in total.